The van der Waals surface area contributed by atoms with E-state index in [-0.39, 0.29) is 12.1 Å². The van der Waals surface area contributed by atoms with E-state index in [4.69, 9.17) is 5.11 Å². The first kappa shape index (κ1) is 9.92. The molecule has 0 rings (SSSR count). The first-order valence-electron chi connectivity index (χ1n) is 3.75. The normalized spacial score (nSPS) is 13.2. The number of aliphatic hydroxyl groups is 1. The molecular weight excluding hydrogens is 126 g/mol. The van der Waals surface area contributed by atoms with Gasteiger partial charge in [-0.05, 0) is 34.7 Å². The summed E-state index contributed by atoms with van der Waals surface area (Å²) in [5.74, 6) is 0. The van der Waals surface area contributed by atoms with E-state index in [0.29, 0.717) is 6.04 Å². The molecule has 0 unspecified atom stereocenters. The average molecular weight is 145 g/mol. The van der Waals surface area contributed by atoms with Gasteiger partial charge >= 0.3 is 0 Å². The molecule has 0 aliphatic rings. The van der Waals surface area contributed by atoms with Gasteiger partial charge in [0.1, 0.15) is 0 Å². The summed E-state index contributed by atoms with van der Waals surface area (Å²) in [5.41, 5.74) is -0.0891. The van der Waals surface area contributed by atoms with Gasteiger partial charge in [0.25, 0.3) is 0 Å². The molecule has 2 heteroatoms. The van der Waals surface area contributed by atoms with Crippen molar-refractivity contribution in [3.05, 3.63) is 0 Å². The number of hydrogen-bond acceptors (Lipinski definition) is 2. The minimum Gasteiger partial charge on any atom is -0.394 e. The molecular formula is C8H19NO. The van der Waals surface area contributed by atoms with Crippen molar-refractivity contribution in [2.45, 2.75) is 39.3 Å². The quantitative estimate of drug-likeness (QED) is 0.642. The highest BCUT2D eigenvalue weighted by Gasteiger charge is 2.23. The fourth-order valence-corrected chi connectivity index (χ4v) is 0.811. The summed E-state index contributed by atoms with van der Waals surface area (Å²) in [5, 5.41) is 8.97. The molecule has 0 aromatic heterocycles. The smallest absolute Gasteiger partial charge is 0.0610 e. The van der Waals surface area contributed by atoms with Gasteiger partial charge in [-0.1, -0.05) is 0 Å². The zero-order valence-corrected chi connectivity index (χ0v) is 7.68. The number of aliphatic hydroxyl groups excluding tert-OH is 1. The van der Waals surface area contributed by atoms with Gasteiger partial charge in [-0.25, -0.2) is 0 Å². The molecule has 0 radical (unpaired) electrons. The Morgan fingerprint density at radius 2 is 1.80 bits per heavy atom. The SMILES string of the molecule is CC(C)N(C)C(C)(C)CO. The van der Waals surface area contributed by atoms with Crippen LogP contribution in [0.4, 0.5) is 0 Å². The van der Waals surface area contributed by atoms with E-state index in [1.165, 1.54) is 0 Å². The van der Waals surface area contributed by atoms with Crippen LogP contribution in [0, 0.1) is 0 Å². The molecule has 0 aliphatic carbocycles. The molecule has 0 saturated heterocycles. The Balaban J connectivity index is 4.03. The van der Waals surface area contributed by atoms with Gasteiger partial charge in [0.2, 0.25) is 0 Å². The number of hydrogen-bond donors (Lipinski definition) is 1. The van der Waals surface area contributed by atoms with E-state index in [1.807, 2.05) is 20.9 Å². The van der Waals surface area contributed by atoms with Crippen LogP contribution in [0.5, 0.6) is 0 Å². The molecule has 0 amide bonds. The van der Waals surface area contributed by atoms with Gasteiger partial charge in [0.05, 0.1) is 6.61 Å². The Morgan fingerprint density at radius 1 is 1.40 bits per heavy atom. The third-order valence-electron chi connectivity index (χ3n) is 2.12. The molecule has 0 heterocycles. The fraction of sp³-hybridized carbons (Fsp3) is 1.00. The van der Waals surface area contributed by atoms with Crippen LogP contribution in [-0.4, -0.2) is 35.2 Å². The second kappa shape index (κ2) is 3.35. The van der Waals surface area contributed by atoms with Gasteiger partial charge in [0, 0.05) is 11.6 Å². The first-order chi connectivity index (χ1) is 4.41. The largest absolute Gasteiger partial charge is 0.394 e. The Labute approximate surface area is 63.8 Å². The first-order valence-corrected chi connectivity index (χ1v) is 3.75. The Bertz CT molecular complexity index is 99.4. The topological polar surface area (TPSA) is 23.5 Å². The Hall–Kier alpha value is -0.0800. The van der Waals surface area contributed by atoms with Crippen LogP contribution in [0.15, 0.2) is 0 Å². The second-order valence-corrected chi connectivity index (χ2v) is 3.68. The second-order valence-electron chi connectivity index (χ2n) is 3.68. The van der Waals surface area contributed by atoms with Gasteiger partial charge in [-0.2, -0.15) is 0 Å². The number of rotatable bonds is 3. The lowest BCUT2D eigenvalue weighted by molar-refractivity contribution is 0.0563. The molecule has 0 fully saturated rings. The van der Waals surface area contributed by atoms with E-state index in [2.05, 4.69) is 18.7 Å². The summed E-state index contributed by atoms with van der Waals surface area (Å²) >= 11 is 0. The van der Waals surface area contributed by atoms with Crippen LogP contribution in [-0.2, 0) is 0 Å². The minimum absolute atomic E-state index is 0.0891. The maximum absolute atomic E-state index is 8.97. The van der Waals surface area contributed by atoms with Crippen LogP contribution < -0.4 is 0 Å². The molecule has 0 saturated carbocycles. The van der Waals surface area contributed by atoms with Crippen LogP contribution in [0.25, 0.3) is 0 Å². The lowest BCUT2D eigenvalue weighted by Gasteiger charge is -2.36. The summed E-state index contributed by atoms with van der Waals surface area (Å²) in [4.78, 5) is 2.16. The van der Waals surface area contributed by atoms with Crippen molar-refractivity contribution in [2.24, 2.45) is 0 Å². The molecule has 0 aromatic rings. The lowest BCUT2D eigenvalue weighted by atomic mass is 10.0. The minimum atomic E-state index is -0.0891. The zero-order chi connectivity index (χ0) is 8.36. The fourth-order valence-electron chi connectivity index (χ4n) is 0.811. The van der Waals surface area contributed by atoms with Crippen molar-refractivity contribution in [3.8, 4) is 0 Å². The van der Waals surface area contributed by atoms with Crippen molar-refractivity contribution < 1.29 is 5.11 Å². The molecule has 0 aromatic carbocycles. The summed E-state index contributed by atoms with van der Waals surface area (Å²) in [6.07, 6.45) is 0. The maximum atomic E-state index is 8.97. The van der Waals surface area contributed by atoms with Crippen LogP contribution in [0.3, 0.4) is 0 Å². The summed E-state index contributed by atoms with van der Waals surface area (Å²) in [6.45, 7) is 8.52. The predicted molar refractivity (Wildman–Crippen MR) is 44.1 cm³/mol. The Kier molecular flexibility index (Phi) is 3.33. The lowest BCUT2D eigenvalue weighted by Crippen LogP contribution is -2.47. The van der Waals surface area contributed by atoms with Gasteiger partial charge in [-0.3, -0.25) is 4.90 Å². The van der Waals surface area contributed by atoms with Crippen LogP contribution >= 0.6 is 0 Å². The van der Waals surface area contributed by atoms with Gasteiger partial charge in [-0.15, -0.1) is 0 Å². The highest BCUT2D eigenvalue weighted by Crippen LogP contribution is 2.13. The monoisotopic (exact) mass is 145 g/mol. The van der Waals surface area contributed by atoms with E-state index >= 15 is 0 Å². The maximum Gasteiger partial charge on any atom is 0.0610 e. The average Bonchev–Trinajstić information content (AvgIpc) is 1.86. The molecule has 62 valence electrons. The summed E-state index contributed by atoms with van der Waals surface area (Å²) in [7, 11) is 2.03. The van der Waals surface area contributed by atoms with E-state index in [9.17, 15) is 0 Å². The van der Waals surface area contributed by atoms with Crippen molar-refractivity contribution in [2.75, 3.05) is 13.7 Å². The molecule has 0 spiro atoms. The van der Waals surface area contributed by atoms with Crippen molar-refractivity contribution in [1.29, 1.82) is 0 Å². The van der Waals surface area contributed by atoms with Gasteiger partial charge < -0.3 is 5.11 Å². The molecule has 0 atom stereocenters. The highest BCUT2D eigenvalue weighted by molar-refractivity contribution is 4.79. The van der Waals surface area contributed by atoms with Crippen molar-refractivity contribution in [3.63, 3.8) is 0 Å². The number of nitrogens with zero attached hydrogens (tertiary/aromatic N) is 1. The third kappa shape index (κ3) is 2.27. The standard InChI is InChI=1S/C8H19NO/c1-7(2)9(5)8(3,4)6-10/h7,10H,6H2,1-5H3. The molecule has 0 bridgehead atoms. The predicted octanol–water partition coefficient (Wildman–Crippen LogP) is 1.10. The van der Waals surface area contributed by atoms with E-state index in [0.717, 1.165) is 0 Å². The molecule has 2 nitrogen and oxygen atoms in total. The molecule has 1 N–H and O–H groups in total. The Morgan fingerprint density at radius 3 is 1.90 bits per heavy atom. The zero-order valence-electron chi connectivity index (χ0n) is 7.68. The van der Waals surface area contributed by atoms with E-state index < -0.39 is 0 Å². The molecule has 10 heavy (non-hydrogen) atoms. The highest BCUT2D eigenvalue weighted by atomic mass is 16.3. The van der Waals surface area contributed by atoms with Crippen LogP contribution in [0.1, 0.15) is 27.7 Å². The van der Waals surface area contributed by atoms with E-state index in [1.54, 1.807) is 0 Å². The van der Waals surface area contributed by atoms with Crippen LogP contribution in [0.2, 0.25) is 0 Å². The van der Waals surface area contributed by atoms with Gasteiger partial charge in [0.15, 0.2) is 0 Å². The van der Waals surface area contributed by atoms with Crippen molar-refractivity contribution in [1.82, 2.24) is 4.90 Å². The molecule has 0 aliphatic heterocycles. The summed E-state index contributed by atoms with van der Waals surface area (Å²) < 4.78 is 0. The number of likely N-dealkylation sites (N-methyl/N-ethyl adjacent to an activating group) is 1. The third-order valence-corrected chi connectivity index (χ3v) is 2.12. The summed E-state index contributed by atoms with van der Waals surface area (Å²) in [6, 6.07) is 0.488. The van der Waals surface area contributed by atoms with Crippen molar-refractivity contribution >= 4 is 0 Å².